The van der Waals surface area contributed by atoms with Gasteiger partial charge < -0.3 is 9.51 Å². The Morgan fingerprint density at radius 3 is 2.17 bits per heavy atom. The lowest BCUT2D eigenvalue weighted by Crippen LogP contribution is -3.04. The Hall–Kier alpha value is -2.50. The van der Waals surface area contributed by atoms with E-state index in [1.807, 2.05) is 72.1 Å². The number of aromatic nitrogens is 1. The molecule has 1 unspecified atom stereocenters. The van der Waals surface area contributed by atoms with Crippen molar-refractivity contribution < 1.29 is 14.8 Å². The third-order valence-electron chi connectivity index (χ3n) is 3.81. The Labute approximate surface area is 187 Å². The number of hydrogen-bond acceptors (Lipinski definition) is 2. The molecule has 2 N–H and O–H groups in total. The molecule has 0 fully saturated rings. The number of carboxylic acid groups (broad SMARTS) is 1. The quantitative estimate of drug-likeness (QED) is 0.311. The Bertz CT molecular complexity index is 816. The van der Waals surface area contributed by atoms with Crippen molar-refractivity contribution in [3.8, 4) is 0 Å². The molecular formula is C25H39N2O2S+. The fraction of sp³-hybridized carbons (Fsp3) is 0.320. The largest absolute Gasteiger partial charge is 0.481 e. The van der Waals surface area contributed by atoms with Crippen LogP contribution in [-0.2, 0) is 11.2 Å². The number of nitrogens with one attached hydrogen (secondary N) is 1. The van der Waals surface area contributed by atoms with Crippen LogP contribution in [0.5, 0.6) is 0 Å². The summed E-state index contributed by atoms with van der Waals surface area (Å²) in [6.07, 6.45) is 7.13. The van der Waals surface area contributed by atoms with Gasteiger partial charge in [-0.05, 0) is 55.1 Å². The highest BCUT2D eigenvalue weighted by molar-refractivity contribution is 7.99. The first-order valence-corrected chi connectivity index (χ1v) is 11.2. The van der Waals surface area contributed by atoms with Gasteiger partial charge in [0.05, 0.1) is 23.2 Å². The number of thioether (sulfide) groups is 1. The fourth-order valence-corrected chi connectivity index (χ4v) is 3.72. The maximum absolute atomic E-state index is 11.1. The number of pyridine rings is 1. The molecule has 1 atom stereocenters. The van der Waals surface area contributed by atoms with E-state index in [1.165, 1.54) is 0 Å². The van der Waals surface area contributed by atoms with Crippen LogP contribution in [0.1, 0.15) is 45.7 Å². The van der Waals surface area contributed by atoms with E-state index in [-0.39, 0.29) is 6.42 Å². The van der Waals surface area contributed by atoms with Crippen LogP contribution in [0.2, 0.25) is 0 Å². The zero-order valence-corrected chi connectivity index (χ0v) is 20.3. The molecule has 0 saturated carbocycles. The van der Waals surface area contributed by atoms with Crippen LogP contribution in [0.25, 0.3) is 5.52 Å². The van der Waals surface area contributed by atoms with Crippen molar-refractivity contribution in [2.75, 3.05) is 5.88 Å². The molecule has 2 aromatic heterocycles. The molecule has 0 saturated heterocycles. The maximum Gasteiger partial charge on any atom is 0.307 e. The van der Waals surface area contributed by atoms with E-state index < -0.39 is 5.97 Å². The van der Waals surface area contributed by atoms with Crippen molar-refractivity contribution in [1.82, 2.24) is 4.40 Å². The van der Waals surface area contributed by atoms with E-state index in [9.17, 15) is 4.79 Å². The van der Waals surface area contributed by atoms with Crippen molar-refractivity contribution in [1.29, 1.82) is 0 Å². The number of carbonyl (C=O) groups is 1. The molecule has 0 amide bonds. The van der Waals surface area contributed by atoms with E-state index in [4.69, 9.17) is 5.11 Å². The van der Waals surface area contributed by atoms with Gasteiger partial charge in [0.25, 0.3) is 0 Å². The molecule has 4 nitrogen and oxygen atoms in total. The summed E-state index contributed by atoms with van der Waals surface area (Å²) in [5, 5.41) is 10.2. The molecule has 2 aromatic rings. The highest BCUT2D eigenvalue weighted by atomic mass is 32.2. The van der Waals surface area contributed by atoms with Gasteiger partial charge in [-0.3, -0.25) is 9.69 Å². The lowest BCUT2D eigenvalue weighted by Gasteiger charge is -2.13. The summed E-state index contributed by atoms with van der Waals surface area (Å²) in [5.74, 6) is -0.0380. The van der Waals surface area contributed by atoms with Crippen LogP contribution in [0.3, 0.4) is 0 Å². The van der Waals surface area contributed by atoms with Gasteiger partial charge in [-0.15, -0.1) is 0 Å². The molecule has 2 heterocycles. The maximum atomic E-state index is 11.1. The highest BCUT2D eigenvalue weighted by Crippen LogP contribution is 2.30. The van der Waals surface area contributed by atoms with Crippen molar-refractivity contribution in [3.63, 3.8) is 0 Å². The Kier molecular flexibility index (Phi) is 17.2. The number of allylic oxidation sites excluding steroid dienone is 3. The summed E-state index contributed by atoms with van der Waals surface area (Å²) < 4.78 is 2.07. The third kappa shape index (κ3) is 9.33. The summed E-state index contributed by atoms with van der Waals surface area (Å²) in [7, 11) is 0. The van der Waals surface area contributed by atoms with Crippen LogP contribution in [0.4, 0.5) is 0 Å². The SMILES string of the molecule is C=CC=C.C=C[NH+](CSc1c(C)c(CC(=O)O)c2ccccn12)C(=C)C.CC.CC. The average Bonchev–Trinajstić information content (AvgIpc) is 3.02. The van der Waals surface area contributed by atoms with Crippen molar-refractivity contribution in [2.24, 2.45) is 0 Å². The number of nitrogens with zero attached hydrogens (tertiary/aromatic N) is 1. The van der Waals surface area contributed by atoms with E-state index in [0.717, 1.165) is 38.1 Å². The molecule has 5 heteroatoms. The Morgan fingerprint density at radius 1 is 1.17 bits per heavy atom. The van der Waals surface area contributed by atoms with Gasteiger partial charge in [0, 0.05) is 13.1 Å². The summed E-state index contributed by atoms with van der Waals surface area (Å²) in [4.78, 5) is 12.2. The van der Waals surface area contributed by atoms with Gasteiger partial charge in [0.2, 0.25) is 0 Å². The smallest absolute Gasteiger partial charge is 0.307 e. The monoisotopic (exact) mass is 431 g/mol. The molecule has 2 rings (SSSR count). The van der Waals surface area contributed by atoms with Crippen LogP contribution in [-0.4, -0.2) is 21.4 Å². The molecule has 0 aliphatic rings. The van der Waals surface area contributed by atoms with Gasteiger partial charge in [-0.1, -0.05) is 59.1 Å². The molecule has 0 radical (unpaired) electrons. The Morgan fingerprint density at radius 2 is 1.73 bits per heavy atom. The highest BCUT2D eigenvalue weighted by Gasteiger charge is 2.18. The summed E-state index contributed by atoms with van der Waals surface area (Å²) in [6, 6.07) is 5.86. The topological polar surface area (TPSA) is 46.2 Å². The standard InChI is InChI=1S/C17H20N2O2S.C4H6.2C2H6/c1-5-18(12(2)3)11-22-17-13(4)14(10-16(20)21)15-8-6-7-9-19(15)17;1-3-4-2;2*1-2/h5-9H,1-2,10-11H2,3-4H3,(H,20,21);3-4H,1-2H2;2*1-2H3/p+1. The number of rotatable bonds is 8. The minimum Gasteiger partial charge on any atom is -0.481 e. The summed E-state index contributed by atoms with van der Waals surface area (Å²) >= 11 is 1.69. The molecule has 0 bridgehead atoms. The molecular weight excluding hydrogens is 392 g/mol. The molecule has 166 valence electrons. The predicted octanol–water partition coefficient (Wildman–Crippen LogP) is 5.90. The van der Waals surface area contributed by atoms with E-state index in [2.05, 4.69) is 30.7 Å². The lowest BCUT2D eigenvalue weighted by atomic mass is 10.1. The van der Waals surface area contributed by atoms with Gasteiger partial charge in [0.15, 0.2) is 0 Å². The van der Waals surface area contributed by atoms with Crippen molar-refractivity contribution in [3.05, 3.63) is 85.9 Å². The number of aliphatic carboxylic acids is 1. The number of carboxylic acids is 1. The second-order valence-electron chi connectivity index (χ2n) is 5.70. The van der Waals surface area contributed by atoms with E-state index in [0.29, 0.717) is 0 Å². The van der Waals surface area contributed by atoms with Crippen molar-refractivity contribution in [2.45, 2.75) is 53.0 Å². The van der Waals surface area contributed by atoms with Gasteiger partial charge in [0.1, 0.15) is 11.6 Å². The molecule has 0 aromatic carbocycles. The van der Waals surface area contributed by atoms with Gasteiger partial charge >= 0.3 is 5.97 Å². The number of quaternary nitrogens is 1. The molecule has 0 aliphatic heterocycles. The van der Waals surface area contributed by atoms with Crippen LogP contribution in [0, 0.1) is 6.92 Å². The average molecular weight is 432 g/mol. The Balaban J connectivity index is 0. The van der Waals surface area contributed by atoms with Gasteiger partial charge in [-0.2, -0.15) is 0 Å². The lowest BCUT2D eigenvalue weighted by molar-refractivity contribution is -0.789. The van der Waals surface area contributed by atoms with Crippen molar-refractivity contribution >= 4 is 23.2 Å². The van der Waals surface area contributed by atoms with E-state index in [1.54, 1.807) is 23.9 Å². The second kappa shape index (κ2) is 17.4. The predicted molar refractivity (Wildman–Crippen MR) is 133 cm³/mol. The van der Waals surface area contributed by atoms with Crippen LogP contribution in [0.15, 0.2) is 79.8 Å². The summed E-state index contributed by atoms with van der Waals surface area (Å²) in [5.41, 5.74) is 3.88. The summed E-state index contributed by atoms with van der Waals surface area (Å²) in [6.45, 7) is 26.5. The minimum atomic E-state index is -0.809. The van der Waals surface area contributed by atoms with Crippen LogP contribution < -0.4 is 4.90 Å². The normalized spacial score (nSPS) is 10.1. The fourth-order valence-electron chi connectivity index (χ4n) is 2.42. The second-order valence-corrected chi connectivity index (χ2v) is 6.67. The first-order valence-electron chi connectivity index (χ1n) is 10.2. The molecule has 0 aliphatic carbocycles. The third-order valence-corrected chi connectivity index (χ3v) is 5.05. The first kappa shape index (κ1) is 29.7. The zero-order valence-electron chi connectivity index (χ0n) is 19.5. The number of fused-ring (bicyclic) bond motifs is 1. The van der Waals surface area contributed by atoms with Crippen LogP contribution >= 0.6 is 11.8 Å². The molecule has 30 heavy (non-hydrogen) atoms. The van der Waals surface area contributed by atoms with Gasteiger partial charge in [-0.25, -0.2) is 0 Å². The number of hydrogen-bond donors (Lipinski definition) is 2. The zero-order chi connectivity index (χ0) is 23.7. The van der Waals surface area contributed by atoms with E-state index >= 15 is 0 Å². The minimum absolute atomic E-state index is 0.0401. The molecule has 0 spiro atoms. The first-order chi connectivity index (χ1) is 14.4.